The summed E-state index contributed by atoms with van der Waals surface area (Å²) in [5.41, 5.74) is -0.372. The summed E-state index contributed by atoms with van der Waals surface area (Å²) in [5, 5.41) is 5.48. The van der Waals surface area contributed by atoms with Gasteiger partial charge in [0, 0.05) is 18.8 Å². The Hall–Kier alpha value is -2.42. The van der Waals surface area contributed by atoms with Crippen molar-refractivity contribution in [1.82, 2.24) is 29.1 Å². The van der Waals surface area contributed by atoms with Crippen LogP contribution in [-0.2, 0) is 12.1 Å². The van der Waals surface area contributed by atoms with E-state index in [0.29, 0.717) is 28.6 Å². The number of hydrogen-bond acceptors (Lipinski definition) is 6. The van der Waals surface area contributed by atoms with Gasteiger partial charge in [0.2, 0.25) is 0 Å². The molecule has 0 amide bonds. The van der Waals surface area contributed by atoms with Crippen molar-refractivity contribution in [3.8, 4) is 5.82 Å². The van der Waals surface area contributed by atoms with E-state index in [1.54, 1.807) is 21.6 Å². The van der Waals surface area contributed by atoms with E-state index in [-0.39, 0.29) is 11.1 Å². The second-order valence-corrected chi connectivity index (χ2v) is 7.31. The zero-order chi connectivity index (χ0) is 18.4. The smallest absolute Gasteiger partial charge is 0.268 e. The molecule has 0 bridgehead atoms. The number of aromatic nitrogens is 6. The summed E-state index contributed by atoms with van der Waals surface area (Å²) in [4.78, 5) is 33.5. The van der Waals surface area contributed by atoms with E-state index in [4.69, 9.17) is 0 Å². The normalized spacial score (nSPS) is 12.0. The molecule has 3 rings (SSSR count). The molecule has 0 atom stereocenters. The summed E-state index contributed by atoms with van der Waals surface area (Å²) < 4.78 is 4.61. The molecule has 132 valence electrons. The minimum atomic E-state index is -0.479. The summed E-state index contributed by atoms with van der Waals surface area (Å²) in [6.07, 6.45) is 3.41. The molecule has 3 aromatic heterocycles. The van der Waals surface area contributed by atoms with Gasteiger partial charge in [-0.3, -0.25) is 9.59 Å². The first-order valence-electron chi connectivity index (χ1n) is 7.91. The zero-order valence-electron chi connectivity index (χ0n) is 14.8. The molecule has 0 radical (unpaired) electrons. The number of rotatable bonds is 3. The first-order valence-corrected chi connectivity index (χ1v) is 9.14. The van der Waals surface area contributed by atoms with Crippen molar-refractivity contribution in [3.63, 3.8) is 0 Å². The summed E-state index contributed by atoms with van der Waals surface area (Å²) in [7, 11) is 0. The van der Waals surface area contributed by atoms with Crippen molar-refractivity contribution in [2.45, 2.75) is 44.9 Å². The lowest BCUT2D eigenvalue weighted by Gasteiger charge is -2.21. The van der Waals surface area contributed by atoms with Gasteiger partial charge in [0.05, 0.1) is 5.54 Å². The van der Waals surface area contributed by atoms with Gasteiger partial charge in [-0.1, -0.05) is 11.8 Å². The van der Waals surface area contributed by atoms with E-state index >= 15 is 0 Å². The van der Waals surface area contributed by atoms with E-state index < -0.39 is 5.54 Å². The maximum absolute atomic E-state index is 12.7. The van der Waals surface area contributed by atoms with Crippen LogP contribution in [-0.4, -0.2) is 35.4 Å². The number of fused-ring (bicyclic) bond motifs is 1. The van der Waals surface area contributed by atoms with E-state index in [1.165, 1.54) is 22.5 Å². The van der Waals surface area contributed by atoms with Crippen LogP contribution in [0.25, 0.3) is 16.9 Å². The minimum Gasteiger partial charge on any atom is -0.268 e. The van der Waals surface area contributed by atoms with Crippen molar-refractivity contribution >= 4 is 22.8 Å². The van der Waals surface area contributed by atoms with Crippen LogP contribution in [0.4, 0.5) is 0 Å². The molecule has 3 aromatic rings. The average molecular weight is 360 g/mol. The molecule has 0 aliphatic rings. The first-order chi connectivity index (χ1) is 11.8. The summed E-state index contributed by atoms with van der Waals surface area (Å²) in [6.45, 7) is 8.03. The van der Waals surface area contributed by atoms with Gasteiger partial charge >= 0.3 is 0 Å². The van der Waals surface area contributed by atoms with Crippen LogP contribution in [0.15, 0.2) is 33.1 Å². The summed E-state index contributed by atoms with van der Waals surface area (Å²) >= 11 is 1.40. The Bertz CT molecular complexity index is 1060. The van der Waals surface area contributed by atoms with Crippen molar-refractivity contribution in [2.75, 3.05) is 6.26 Å². The summed E-state index contributed by atoms with van der Waals surface area (Å²) in [5.74, 6) is 0.467. The molecule has 0 saturated carbocycles. The van der Waals surface area contributed by atoms with Crippen LogP contribution in [0.1, 0.15) is 27.7 Å². The van der Waals surface area contributed by atoms with Crippen LogP contribution in [0.3, 0.4) is 0 Å². The average Bonchev–Trinajstić information content (AvgIpc) is 2.85. The van der Waals surface area contributed by atoms with Crippen LogP contribution in [0, 0.1) is 0 Å². The van der Waals surface area contributed by atoms with Gasteiger partial charge in [-0.25, -0.2) is 24.0 Å². The molecule has 0 aromatic carbocycles. The van der Waals surface area contributed by atoms with E-state index in [9.17, 15) is 9.59 Å². The lowest BCUT2D eigenvalue weighted by Crippen LogP contribution is -2.36. The van der Waals surface area contributed by atoms with Crippen LogP contribution >= 0.6 is 11.8 Å². The second kappa shape index (κ2) is 6.14. The maximum atomic E-state index is 12.7. The number of thioether (sulfide) groups is 1. The lowest BCUT2D eigenvalue weighted by atomic mass is 10.1. The monoisotopic (exact) mass is 360 g/mol. The third kappa shape index (κ3) is 2.88. The van der Waals surface area contributed by atoms with Gasteiger partial charge in [-0.15, -0.1) is 5.10 Å². The fraction of sp³-hybridized carbons (Fsp3) is 0.438. The SMILES string of the molecule is CCn1c(=O)c2cnc(SC)nc2n1-c1ccc(=O)n(C(C)(C)C)n1. The van der Waals surface area contributed by atoms with Crippen LogP contribution < -0.4 is 11.1 Å². The third-order valence-electron chi connectivity index (χ3n) is 3.77. The Labute approximate surface area is 148 Å². The third-order valence-corrected chi connectivity index (χ3v) is 4.34. The van der Waals surface area contributed by atoms with Crippen molar-refractivity contribution in [2.24, 2.45) is 0 Å². The fourth-order valence-corrected chi connectivity index (χ4v) is 2.96. The van der Waals surface area contributed by atoms with Gasteiger partial charge < -0.3 is 0 Å². The second-order valence-electron chi connectivity index (χ2n) is 6.54. The molecule has 0 unspecified atom stereocenters. The van der Waals surface area contributed by atoms with Gasteiger partial charge in [-0.2, -0.15) is 0 Å². The first kappa shape index (κ1) is 17.4. The van der Waals surface area contributed by atoms with Gasteiger partial charge in [0.1, 0.15) is 5.39 Å². The Morgan fingerprint density at radius 1 is 1.20 bits per heavy atom. The van der Waals surface area contributed by atoms with E-state index in [0.717, 1.165) is 0 Å². The highest BCUT2D eigenvalue weighted by Gasteiger charge is 2.21. The summed E-state index contributed by atoms with van der Waals surface area (Å²) in [6, 6.07) is 3.07. The highest BCUT2D eigenvalue weighted by atomic mass is 32.2. The standard InChI is InChI=1S/C16H20N6O2S/c1-6-20-14(24)10-9-17-15(25-5)18-13(10)21(20)11-7-8-12(23)22(19-11)16(2,3)4/h7-9H,6H2,1-5H3. The highest BCUT2D eigenvalue weighted by Crippen LogP contribution is 2.17. The molecule has 0 fully saturated rings. The van der Waals surface area contributed by atoms with Crippen molar-refractivity contribution < 1.29 is 0 Å². The van der Waals surface area contributed by atoms with Gasteiger partial charge in [0.15, 0.2) is 16.6 Å². The fourth-order valence-electron chi connectivity index (χ4n) is 2.62. The van der Waals surface area contributed by atoms with Gasteiger partial charge in [0.25, 0.3) is 11.1 Å². The molecule has 3 heterocycles. The van der Waals surface area contributed by atoms with E-state index in [1.807, 2.05) is 34.0 Å². The molecule has 0 spiro atoms. The molecular weight excluding hydrogens is 340 g/mol. The predicted octanol–water partition coefficient (Wildman–Crippen LogP) is 1.64. The lowest BCUT2D eigenvalue weighted by molar-refractivity contribution is 0.334. The molecular formula is C16H20N6O2S. The van der Waals surface area contributed by atoms with Gasteiger partial charge in [-0.05, 0) is 40.0 Å². The molecule has 0 saturated heterocycles. The van der Waals surface area contributed by atoms with E-state index in [2.05, 4.69) is 15.1 Å². The molecule has 9 heteroatoms. The van der Waals surface area contributed by atoms with Crippen molar-refractivity contribution in [3.05, 3.63) is 39.0 Å². The van der Waals surface area contributed by atoms with Crippen LogP contribution in [0.2, 0.25) is 0 Å². The Morgan fingerprint density at radius 3 is 2.52 bits per heavy atom. The zero-order valence-corrected chi connectivity index (χ0v) is 15.7. The Morgan fingerprint density at radius 2 is 1.92 bits per heavy atom. The molecule has 0 aliphatic heterocycles. The quantitative estimate of drug-likeness (QED) is 0.521. The Kier molecular flexibility index (Phi) is 4.28. The molecule has 0 aliphatic carbocycles. The van der Waals surface area contributed by atoms with Crippen LogP contribution in [0.5, 0.6) is 0 Å². The predicted molar refractivity (Wildman–Crippen MR) is 97.6 cm³/mol. The molecule has 8 nitrogen and oxygen atoms in total. The largest absolute Gasteiger partial charge is 0.278 e. The van der Waals surface area contributed by atoms with Crippen molar-refractivity contribution in [1.29, 1.82) is 0 Å². The Balaban J connectivity index is 2.39. The molecule has 0 N–H and O–H groups in total. The maximum Gasteiger partial charge on any atom is 0.278 e. The topological polar surface area (TPSA) is 87.6 Å². The highest BCUT2D eigenvalue weighted by molar-refractivity contribution is 7.98. The molecule has 25 heavy (non-hydrogen) atoms. The minimum absolute atomic E-state index is 0.180. The number of hydrogen-bond donors (Lipinski definition) is 0. The number of nitrogens with zero attached hydrogens (tertiary/aromatic N) is 6.